The third kappa shape index (κ3) is 3.71. The summed E-state index contributed by atoms with van der Waals surface area (Å²) in [6.45, 7) is 0. The molecular weight excluding hydrogens is 154 g/mol. The molecule has 0 aliphatic heterocycles. The van der Waals surface area contributed by atoms with Crippen LogP contribution in [-0.4, -0.2) is 4.99 Å². The largest absolute Gasteiger partial charge is 0.393 e. The summed E-state index contributed by atoms with van der Waals surface area (Å²) in [7, 11) is 0. The van der Waals surface area contributed by atoms with E-state index >= 15 is 0 Å². The van der Waals surface area contributed by atoms with Crippen molar-refractivity contribution in [2.45, 2.75) is 44.9 Å². The molecule has 0 atom stereocenters. The van der Waals surface area contributed by atoms with Crippen LogP contribution < -0.4 is 5.73 Å². The van der Waals surface area contributed by atoms with Crippen LogP contribution in [0.5, 0.6) is 0 Å². The smallest absolute Gasteiger partial charge is 0.0727 e. The van der Waals surface area contributed by atoms with Crippen molar-refractivity contribution >= 4 is 17.2 Å². The van der Waals surface area contributed by atoms with E-state index in [1.807, 2.05) is 0 Å². The van der Waals surface area contributed by atoms with E-state index in [1.54, 1.807) is 0 Å². The molecule has 1 rings (SSSR count). The highest BCUT2D eigenvalue weighted by molar-refractivity contribution is 7.80. The zero-order chi connectivity index (χ0) is 8.10. The lowest BCUT2D eigenvalue weighted by atomic mass is 10.0. The van der Waals surface area contributed by atoms with Crippen LogP contribution in [0.25, 0.3) is 0 Å². The van der Waals surface area contributed by atoms with E-state index in [0.717, 1.165) is 12.3 Å². The topological polar surface area (TPSA) is 26.0 Å². The Kier molecular flexibility index (Phi) is 3.84. The first-order chi connectivity index (χ1) is 5.29. The van der Waals surface area contributed by atoms with Gasteiger partial charge in [-0.05, 0) is 18.8 Å². The van der Waals surface area contributed by atoms with Gasteiger partial charge in [0, 0.05) is 0 Å². The first-order valence-electron chi connectivity index (χ1n) is 4.57. The van der Waals surface area contributed by atoms with Gasteiger partial charge in [-0.2, -0.15) is 0 Å². The summed E-state index contributed by atoms with van der Waals surface area (Å²) in [5.74, 6) is 0.990. The van der Waals surface area contributed by atoms with Gasteiger partial charge in [0.1, 0.15) is 0 Å². The Morgan fingerprint density at radius 3 is 2.55 bits per heavy atom. The molecule has 0 bridgehead atoms. The predicted octanol–water partition coefficient (Wildman–Crippen LogP) is 2.63. The highest BCUT2D eigenvalue weighted by atomic mass is 32.1. The fraction of sp³-hybridized carbons (Fsp3) is 0.889. The predicted molar refractivity (Wildman–Crippen MR) is 52.6 cm³/mol. The maximum Gasteiger partial charge on any atom is 0.0727 e. The van der Waals surface area contributed by atoms with E-state index in [2.05, 4.69) is 0 Å². The zero-order valence-electron chi connectivity index (χ0n) is 7.01. The van der Waals surface area contributed by atoms with Gasteiger partial charge in [0.25, 0.3) is 0 Å². The van der Waals surface area contributed by atoms with Crippen LogP contribution in [0, 0.1) is 5.92 Å². The van der Waals surface area contributed by atoms with Crippen LogP contribution in [-0.2, 0) is 0 Å². The Balaban J connectivity index is 1.98. The normalized spacial score (nSPS) is 18.9. The summed E-state index contributed by atoms with van der Waals surface area (Å²) in [5.41, 5.74) is 5.41. The monoisotopic (exact) mass is 171 g/mol. The molecule has 0 radical (unpaired) electrons. The number of hydrogen-bond acceptors (Lipinski definition) is 1. The SMILES string of the molecule is NC(=S)CCCC1CCCC1. The van der Waals surface area contributed by atoms with Gasteiger partial charge in [-0.3, -0.25) is 0 Å². The van der Waals surface area contributed by atoms with Crippen molar-refractivity contribution in [1.82, 2.24) is 0 Å². The van der Waals surface area contributed by atoms with Crippen LogP contribution in [0.1, 0.15) is 44.9 Å². The van der Waals surface area contributed by atoms with Crippen LogP contribution in [0.3, 0.4) is 0 Å². The molecule has 11 heavy (non-hydrogen) atoms. The lowest BCUT2D eigenvalue weighted by Crippen LogP contribution is -2.07. The first kappa shape index (κ1) is 8.98. The third-order valence-corrected chi connectivity index (χ3v) is 2.71. The van der Waals surface area contributed by atoms with Crippen LogP contribution >= 0.6 is 12.2 Å². The van der Waals surface area contributed by atoms with Crippen LogP contribution in [0.4, 0.5) is 0 Å². The summed E-state index contributed by atoms with van der Waals surface area (Å²) in [5, 5.41) is 0. The molecule has 64 valence electrons. The number of nitrogens with two attached hydrogens (primary N) is 1. The fourth-order valence-corrected chi connectivity index (χ4v) is 2.01. The van der Waals surface area contributed by atoms with E-state index in [9.17, 15) is 0 Å². The second-order valence-corrected chi connectivity index (χ2v) is 4.03. The van der Waals surface area contributed by atoms with E-state index in [-0.39, 0.29) is 0 Å². The van der Waals surface area contributed by atoms with E-state index < -0.39 is 0 Å². The Morgan fingerprint density at radius 1 is 1.36 bits per heavy atom. The first-order valence-corrected chi connectivity index (χ1v) is 4.98. The molecule has 0 spiro atoms. The Bertz CT molecular complexity index is 128. The molecule has 0 saturated heterocycles. The van der Waals surface area contributed by atoms with Crippen molar-refractivity contribution < 1.29 is 0 Å². The van der Waals surface area contributed by atoms with Gasteiger partial charge >= 0.3 is 0 Å². The van der Waals surface area contributed by atoms with Gasteiger partial charge in [0.05, 0.1) is 4.99 Å². The standard InChI is InChI=1S/C9H17NS/c10-9(11)7-3-6-8-4-1-2-5-8/h8H,1-7H2,(H2,10,11). The molecule has 0 amide bonds. The molecule has 0 aromatic heterocycles. The highest BCUT2D eigenvalue weighted by Crippen LogP contribution is 2.28. The maximum atomic E-state index is 5.41. The minimum Gasteiger partial charge on any atom is -0.393 e. The van der Waals surface area contributed by atoms with Gasteiger partial charge in [-0.15, -0.1) is 0 Å². The Morgan fingerprint density at radius 2 is 2.00 bits per heavy atom. The lowest BCUT2D eigenvalue weighted by Gasteiger charge is -2.06. The average molecular weight is 171 g/mol. The molecule has 2 N–H and O–H groups in total. The second-order valence-electron chi connectivity index (χ2n) is 3.51. The molecule has 0 aromatic rings. The average Bonchev–Trinajstić information content (AvgIpc) is 2.39. The zero-order valence-corrected chi connectivity index (χ0v) is 7.83. The molecule has 0 unspecified atom stereocenters. The molecule has 1 nitrogen and oxygen atoms in total. The number of thiocarbonyl (C=S) groups is 1. The quantitative estimate of drug-likeness (QED) is 0.658. The molecule has 1 aliphatic carbocycles. The van der Waals surface area contributed by atoms with E-state index in [0.29, 0.717) is 4.99 Å². The van der Waals surface area contributed by atoms with Gasteiger partial charge in [-0.1, -0.05) is 44.3 Å². The molecule has 2 heteroatoms. The summed E-state index contributed by atoms with van der Waals surface area (Å²) in [6, 6.07) is 0. The van der Waals surface area contributed by atoms with Gasteiger partial charge in [0.2, 0.25) is 0 Å². The van der Waals surface area contributed by atoms with Crippen molar-refractivity contribution in [3.05, 3.63) is 0 Å². The Labute approximate surface area is 74.4 Å². The van der Waals surface area contributed by atoms with Crippen molar-refractivity contribution in [3.63, 3.8) is 0 Å². The maximum absolute atomic E-state index is 5.41. The summed E-state index contributed by atoms with van der Waals surface area (Å²) in [4.78, 5) is 0.683. The Hall–Kier alpha value is -0.110. The van der Waals surface area contributed by atoms with Gasteiger partial charge < -0.3 is 5.73 Å². The lowest BCUT2D eigenvalue weighted by molar-refractivity contribution is 0.489. The molecule has 0 aromatic carbocycles. The molecule has 1 saturated carbocycles. The van der Waals surface area contributed by atoms with E-state index in [4.69, 9.17) is 18.0 Å². The van der Waals surface area contributed by atoms with Crippen LogP contribution in [0.2, 0.25) is 0 Å². The highest BCUT2D eigenvalue weighted by Gasteiger charge is 2.13. The molecule has 1 fully saturated rings. The summed E-state index contributed by atoms with van der Waals surface area (Å²) < 4.78 is 0. The second kappa shape index (κ2) is 4.70. The van der Waals surface area contributed by atoms with Crippen molar-refractivity contribution in [2.24, 2.45) is 11.7 Å². The van der Waals surface area contributed by atoms with Crippen molar-refractivity contribution in [3.8, 4) is 0 Å². The van der Waals surface area contributed by atoms with E-state index in [1.165, 1.54) is 38.5 Å². The van der Waals surface area contributed by atoms with Crippen molar-refractivity contribution in [1.29, 1.82) is 0 Å². The number of hydrogen-bond donors (Lipinski definition) is 1. The fourth-order valence-electron chi connectivity index (χ4n) is 1.86. The van der Waals surface area contributed by atoms with Crippen LogP contribution in [0.15, 0.2) is 0 Å². The minimum atomic E-state index is 0.683. The number of rotatable bonds is 4. The minimum absolute atomic E-state index is 0.683. The van der Waals surface area contributed by atoms with Crippen molar-refractivity contribution in [2.75, 3.05) is 0 Å². The summed E-state index contributed by atoms with van der Waals surface area (Å²) >= 11 is 4.81. The van der Waals surface area contributed by atoms with Gasteiger partial charge in [-0.25, -0.2) is 0 Å². The van der Waals surface area contributed by atoms with Gasteiger partial charge in [0.15, 0.2) is 0 Å². The third-order valence-electron chi connectivity index (χ3n) is 2.51. The summed E-state index contributed by atoms with van der Waals surface area (Å²) in [6.07, 6.45) is 9.27. The molecule has 1 aliphatic rings. The molecule has 0 heterocycles. The molecular formula is C9H17NS.